The lowest BCUT2D eigenvalue weighted by molar-refractivity contribution is -0.123. The summed E-state index contributed by atoms with van der Waals surface area (Å²) in [5.74, 6) is 0.230. The fraction of sp³-hybridized carbons (Fsp3) is 0.182. The van der Waals surface area contributed by atoms with Crippen LogP contribution in [0.25, 0.3) is 10.8 Å². The minimum Gasteiger partial charge on any atom is -0.490 e. The summed E-state index contributed by atoms with van der Waals surface area (Å²) < 4.78 is 16.6. The van der Waals surface area contributed by atoms with Crippen molar-refractivity contribution >= 4 is 38.5 Å². The number of halogens is 1. The van der Waals surface area contributed by atoms with E-state index in [0.717, 1.165) is 10.8 Å². The normalized spacial score (nSPS) is 10.5. The maximum atomic E-state index is 12.2. The molecule has 0 aliphatic carbocycles. The second-order valence-corrected chi connectivity index (χ2v) is 7.14. The minimum absolute atomic E-state index is 0.228. The molecular weight excluding hydrogens is 452 g/mol. The molecule has 3 aromatic carbocycles. The van der Waals surface area contributed by atoms with Crippen molar-refractivity contribution in [3.63, 3.8) is 0 Å². The van der Waals surface area contributed by atoms with Crippen molar-refractivity contribution < 1.29 is 23.8 Å². The van der Waals surface area contributed by atoms with Gasteiger partial charge < -0.3 is 14.2 Å². The summed E-state index contributed by atoms with van der Waals surface area (Å²) in [6, 6.07) is 18.3. The molecule has 3 rings (SSSR count). The van der Waals surface area contributed by atoms with Crippen LogP contribution >= 0.6 is 15.9 Å². The van der Waals surface area contributed by atoms with Crippen LogP contribution in [0.5, 0.6) is 11.5 Å². The molecule has 156 valence electrons. The molecule has 0 heterocycles. The number of amides is 2. The summed E-state index contributed by atoms with van der Waals surface area (Å²) in [5, 5.41) is 2.10. The highest BCUT2D eigenvalue weighted by atomic mass is 79.9. The third-order valence-corrected chi connectivity index (χ3v) is 4.77. The van der Waals surface area contributed by atoms with Gasteiger partial charge in [0.05, 0.1) is 11.1 Å². The number of hydrogen-bond acceptors (Lipinski definition) is 5. The first kappa shape index (κ1) is 21.6. The van der Waals surface area contributed by atoms with Gasteiger partial charge in [-0.2, -0.15) is 0 Å². The Morgan fingerprint density at radius 1 is 0.900 bits per heavy atom. The highest BCUT2D eigenvalue weighted by Crippen LogP contribution is 2.26. The molecule has 0 saturated heterocycles. The van der Waals surface area contributed by atoms with E-state index in [1.807, 2.05) is 36.4 Å². The van der Waals surface area contributed by atoms with E-state index in [0.29, 0.717) is 34.7 Å². The monoisotopic (exact) mass is 472 g/mol. The van der Waals surface area contributed by atoms with E-state index in [4.69, 9.17) is 14.2 Å². The van der Waals surface area contributed by atoms with Crippen LogP contribution in [-0.4, -0.2) is 38.7 Å². The molecule has 0 radical (unpaired) electrons. The van der Waals surface area contributed by atoms with Crippen LogP contribution in [0, 0.1) is 0 Å². The van der Waals surface area contributed by atoms with Gasteiger partial charge in [0.1, 0.15) is 18.1 Å². The zero-order valence-corrected chi connectivity index (χ0v) is 17.9. The van der Waals surface area contributed by atoms with Crippen molar-refractivity contribution in [2.45, 2.75) is 0 Å². The summed E-state index contributed by atoms with van der Waals surface area (Å²) in [5.41, 5.74) is 5.06. The van der Waals surface area contributed by atoms with Crippen LogP contribution in [0.2, 0.25) is 0 Å². The molecule has 0 aliphatic rings. The van der Waals surface area contributed by atoms with Gasteiger partial charge in [0, 0.05) is 12.7 Å². The Balaban J connectivity index is 1.47. The van der Waals surface area contributed by atoms with Crippen molar-refractivity contribution in [1.82, 2.24) is 10.9 Å². The number of hydrogen-bond donors (Lipinski definition) is 2. The summed E-state index contributed by atoms with van der Waals surface area (Å²) >= 11 is 3.36. The number of hydrazine groups is 1. The summed E-state index contributed by atoms with van der Waals surface area (Å²) in [4.78, 5) is 24.2. The van der Waals surface area contributed by atoms with E-state index < -0.39 is 11.8 Å². The number of rotatable bonds is 8. The van der Waals surface area contributed by atoms with Crippen LogP contribution in [0.1, 0.15) is 10.4 Å². The third-order valence-electron chi connectivity index (χ3n) is 4.15. The molecule has 0 aliphatic heterocycles. The average Bonchev–Trinajstić information content (AvgIpc) is 2.77. The fourth-order valence-electron chi connectivity index (χ4n) is 2.63. The first-order valence-electron chi connectivity index (χ1n) is 9.19. The predicted molar refractivity (Wildman–Crippen MR) is 117 cm³/mol. The first-order chi connectivity index (χ1) is 14.6. The van der Waals surface area contributed by atoms with Gasteiger partial charge in [-0.1, -0.05) is 30.3 Å². The lowest BCUT2D eigenvalue weighted by Gasteiger charge is -2.11. The SMILES string of the molecule is COCCOc1ccc(C(=O)NNC(=O)COc2ccc3ccccc3c2)cc1Br. The topological polar surface area (TPSA) is 85.9 Å². The summed E-state index contributed by atoms with van der Waals surface area (Å²) in [6.45, 7) is 0.629. The molecule has 0 aromatic heterocycles. The maximum Gasteiger partial charge on any atom is 0.276 e. The average molecular weight is 473 g/mol. The van der Waals surface area contributed by atoms with E-state index in [2.05, 4.69) is 26.8 Å². The molecule has 8 heteroatoms. The van der Waals surface area contributed by atoms with Crippen molar-refractivity contribution in [2.24, 2.45) is 0 Å². The van der Waals surface area contributed by atoms with E-state index in [-0.39, 0.29) is 6.61 Å². The second kappa shape index (κ2) is 10.6. The molecule has 30 heavy (non-hydrogen) atoms. The van der Waals surface area contributed by atoms with Crippen LogP contribution < -0.4 is 20.3 Å². The number of methoxy groups -OCH3 is 1. The van der Waals surface area contributed by atoms with Gasteiger partial charge in [-0.15, -0.1) is 0 Å². The van der Waals surface area contributed by atoms with Crippen molar-refractivity contribution in [3.05, 3.63) is 70.7 Å². The van der Waals surface area contributed by atoms with Gasteiger partial charge in [0.25, 0.3) is 11.8 Å². The lowest BCUT2D eigenvalue weighted by Crippen LogP contribution is -2.43. The Morgan fingerprint density at radius 3 is 2.47 bits per heavy atom. The zero-order chi connectivity index (χ0) is 21.3. The van der Waals surface area contributed by atoms with Gasteiger partial charge in [0.15, 0.2) is 6.61 Å². The molecule has 2 amide bonds. The standard InChI is InChI=1S/C22H21BrN2O5/c1-28-10-11-29-20-9-7-17(13-19(20)23)22(27)25-24-21(26)14-30-18-8-6-15-4-2-3-5-16(15)12-18/h2-9,12-13H,10-11,14H2,1H3,(H,24,26)(H,25,27). The Labute approximate surface area is 182 Å². The molecule has 2 N–H and O–H groups in total. The maximum absolute atomic E-state index is 12.2. The van der Waals surface area contributed by atoms with Crippen LogP contribution in [0.3, 0.4) is 0 Å². The number of benzene rings is 3. The van der Waals surface area contributed by atoms with Gasteiger partial charge in [-0.25, -0.2) is 0 Å². The van der Waals surface area contributed by atoms with E-state index in [1.54, 1.807) is 31.4 Å². The number of ether oxygens (including phenoxy) is 3. The van der Waals surface area contributed by atoms with Gasteiger partial charge in [0.2, 0.25) is 0 Å². The molecule has 0 saturated carbocycles. The number of fused-ring (bicyclic) bond motifs is 1. The highest BCUT2D eigenvalue weighted by Gasteiger charge is 2.11. The fourth-order valence-corrected chi connectivity index (χ4v) is 3.13. The molecule has 3 aromatic rings. The molecule has 0 unspecified atom stereocenters. The van der Waals surface area contributed by atoms with Gasteiger partial charge in [-0.05, 0) is 57.0 Å². The van der Waals surface area contributed by atoms with Crippen molar-refractivity contribution in [2.75, 3.05) is 26.9 Å². The van der Waals surface area contributed by atoms with Crippen LogP contribution in [0.15, 0.2) is 65.1 Å². The minimum atomic E-state index is -0.477. The lowest BCUT2D eigenvalue weighted by atomic mass is 10.1. The number of carbonyl (C=O) groups is 2. The largest absolute Gasteiger partial charge is 0.490 e. The molecule has 7 nitrogen and oxygen atoms in total. The third kappa shape index (κ3) is 5.95. The quantitative estimate of drug-likeness (QED) is 0.387. The summed E-state index contributed by atoms with van der Waals surface area (Å²) in [7, 11) is 1.59. The Kier molecular flexibility index (Phi) is 7.64. The zero-order valence-electron chi connectivity index (χ0n) is 16.3. The molecule has 0 fully saturated rings. The highest BCUT2D eigenvalue weighted by molar-refractivity contribution is 9.10. The van der Waals surface area contributed by atoms with E-state index in [1.165, 1.54) is 0 Å². The molecule has 0 bridgehead atoms. The Hall–Kier alpha value is -3.10. The van der Waals surface area contributed by atoms with Gasteiger partial charge >= 0.3 is 0 Å². The van der Waals surface area contributed by atoms with Crippen molar-refractivity contribution in [3.8, 4) is 11.5 Å². The van der Waals surface area contributed by atoms with E-state index >= 15 is 0 Å². The number of carbonyl (C=O) groups excluding carboxylic acids is 2. The second-order valence-electron chi connectivity index (χ2n) is 6.29. The Morgan fingerprint density at radius 2 is 1.70 bits per heavy atom. The molecular formula is C22H21BrN2O5. The van der Waals surface area contributed by atoms with Crippen LogP contribution in [-0.2, 0) is 9.53 Å². The van der Waals surface area contributed by atoms with E-state index in [9.17, 15) is 9.59 Å². The Bertz CT molecular complexity index is 1040. The van der Waals surface area contributed by atoms with Crippen LogP contribution in [0.4, 0.5) is 0 Å². The van der Waals surface area contributed by atoms with Crippen molar-refractivity contribution in [1.29, 1.82) is 0 Å². The predicted octanol–water partition coefficient (Wildman–Crippen LogP) is 3.47. The van der Waals surface area contributed by atoms with Gasteiger partial charge in [-0.3, -0.25) is 20.4 Å². The molecule has 0 spiro atoms. The smallest absolute Gasteiger partial charge is 0.276 e. The first-order valence-corrected chi connectivity index (χ1v) is 9.98. The molecule has 0 atom stereocenters. The summed E-state index contributed by atoms with van der Waals surface area (Å²) in [6.07, 6.45) is 0. The number of nitrogens with one attached hydrogen (secondary N) is 2.